The molecule has 1 aliphatic rings. The summed E-state index contributed by atoms with van der Waals surface area (Å²) >= 11 is 0. The summed E-state index contributed by atoms with van der Waals surface area (Å²) in [6, 6.07) is 20.9. The highest BCUT2D eigenvalue weighted by molar-refractivity contribution is 5.93. The third kappa shape index (κ3) is 3.82. The third-order valence-electron chi connectivity index (χ3n) is 6.57. The van der Waals surface area contributed by atoms with E-state index in [1.54, 1.807) is 24.0 Å². The van der Waals surface area contributed by atoms with E-state index < -0.39 is 0 Å². The molecule has 2 atom stereocenters. The van der Waals surface area contributed by atoms with Crippen LogP contribution in [0.25, 0.3) is 10.9 Å². The quantitative estimate of drug-likeness (QED) is 0.509. The summed E-state index contributed by atoms with van der Waals surface area (Å²) in [7, 11) is 1.80. The van der Waals surface area contributed by atoms with Crippen molar-refractivity contribution in [2.45, 2.75) is 32.0 Å². The standard InChI is InChI=1S/C26H29N5O/c1-3-31-17-21(20-11-7-8-12-24(20)31)22-16-30(15-19-9-5-4-6-10-19)18-23(22)28-26(32)25-13-14-27-29(25)2/h4-14,17,22-23H,3,15-16,18H2,1-2H3,(H,28,32)/t22-,23+/m1/s1. The van der Waals surface area contributed by atoms with Crippen LogP contribution in [0.15, 0.2) is 73.1 Å². The van der Waals surface area contributed by atoms with E-state index in [-0.39, 0.29) is 17.9 Å². The van der Waals surface area contributed by atoms with Crippen molar-refractivity contribution in [1.29, 1.82) is 0 Å². The number of para-hydroxylation sites is 1. The van der Waals surface area contributed by atoms with E-state index in [2.05, 4.69) is 81.5 Å². The van der Waals surface area contributed by atoms with Crippen molar-refractivity contribution in [2.24, 2.45) is 7.05 Å². The van der Waals surface area contributed by atoms with Gasteiger partial charge in [0.05, 0.1) is 6.04 Å². The fourth-order valence-corrected chi connectivity index (χ4v) is 4.99. The second-order valence-electron chi connectivity index (χ2n) is 8.59. The summed E-state index contributed by atoms with van der Waals surface area (Å²) in [5, 5.41) is 8.76. The summed E-state index contributed by atoms with van der Waals surface area (Å²) in [4.78, 5) is 15.5. The van der Waals surface area contributed by atoms with Crippen LogP contribution in [-0.4, -0.2) is 44.3 Å². The molecular weight excluding hydrogens is 398 g/mol. The zero-order valence-corrected chi connectivity index (χ0v) is 18.6. The van der Waals surface area contributed by atoms with Crippen molar-refractivity contribution in [2.75, 3.05) is 13.1 Å². The summed E-state index contributed by atoms with van der Waals surface area (Å²) in [6.07, 6.45) is 3.95. The van der Waals surface area contributed by atoms with Gasteiger partial charge in [0.25, 0.3) is 5.91 Å². The van der Waals surface area contributed by atoms with E-state index >= 15 is 0 Å². The molecule has 4 aromatic rings. The predicted octanol–water partition coefficient (Wildman–Crippen LogP) is 3.79. The molecule has 0 radical (unpaired) electrons. The largest absolute Gasteiger partial charge is 0.347 e. The molecule has 0 spiro atoms. The minimum atomic E-state index is -0.0687. The lowest BCUT2D eigenvalue weighted by atomic mass is 9.93. The molecule has 164 valence electrons. The Morgan fingerprint density at radius 2 is 1.84 bits per heavy atom. The minimum absolute atomic E-state index is 0.0252. The number of fused-ring (bicyclic) bond motifs is 1. The zero-order chi connectivity index (χ0) is 22.1. The number of carbonyl (C=O) groups excluding carboxylic acids is 1. The van der Waals surface area contributed by atoms with Crippen molar-refractivity contribution in [3.8, 4) is 0 Å². The maximum atomic E-state index is 13.1. The smallest absolute Gasteiger partial charge is 0.269 e. The molecule has 1 fully saturated rings. The molecule has 0 saturated carbocycles. The van der Waals surface area contributed by atoms with Crippen LogP contribution in [0.3, 0.4) is 0 Å². The normalized spacial score (nSPS) is 18.9. The maximum absolute atomic E-state index is 13.1. The monoisotopic (exact) mass is 427 g/mol. The highest BCUT2D eigenvalue weighted by Crippen LogP contribution is 2.35. The fraction of sp³-hybridized carbons (Fsp3) is 0.308. The average molecular weight is 428 g/mol. The molecule has 1 N–H and O–H groups in total. The second-order valence-corrected chi connectivity index (χ2v) is 8.59. The van der Waals surface area contributed by atoms with E-state index in [0.717, 1.165) is 26.2 Å². The molecule has 32 heavy (non-hydrogen) atoms. The van der Waals surface area contributed by atoms with E-state index in [1.807, 2.05) is 6.07 Å². The molecule has 0 bridgehead atoms. The Hall–Kier alpha value is -3.38. The van der Waals surface area contributed by atoms with Crippen LogP contribution in [0, 0.1) is 0 Å². The van der Waals surface area contributed by atoms with E-state index in [4.69, 9.17) is 0 Å². The summed E-state index contributed by atoms with van der Waals surface area (Å²) in [5.74, 6) is 0.148. The molecule has 2 aromatic carbocycles. The van der Waals surface area contributed by atoms with Crippen molar-refractivity contribution < 1.29 is 4.79 Å². The van der Waals surface area contributed by atoms with Gasteiger partial charge in [-0.15, -0.1) is 0 Å². The van der Waals surface area contributed by atoms with Crippen molar-refractivity contribution in [3.05, 3.63) is 89.9 Å². The average Bonchev–Trinajstić information content (AvgIpc) is 3.51. The first kappa shape index (κ1) is 20.5. The van der Waals surface area contributed by atoms with E-state index in [0.29, 0.717) is 5.69 Å². The highest BCUT2D eigenvalue weighted by Gasteiger charge is 2.36. The molecule has 0 aliphatic carbocycles. The minimum Gasteiger partial charge on any atom is -0.347 e. The molecule has 1 saturated heterocycles. The first-order chi connectivity index (χ1) is 15.6. The summed E-state index contributed by atoms with van der Waals surface area (Å²) in [5.41, 5.74) is 4.44. The van der Waals surface area contributed by atoms with Gasteiger partial charge in [-0.05, 0) is 30.2 Å². The summed E-state index contributed by atoms with van der Waals surface area (Å²) < 4.78 is 3.94. The van der Waals surface area contributed by atoms with Gasteiger partial charge in [0.15, 0.2) is 0 Å². The number of carbonyl (C=O) groups is 1. The Bertz CT molecular complexity index is 1230. The number of aromatic nitrogens is 3. The van der Waals surface area contributed by atoms with Crippen LogP contribution >= 0.6 is 0 Å². The zero-order valence-electron chi connectivity index (χ0n) is 18.6. The van der Waals surface area contributed by atoms with Crippen LogP contribution in [0.2, 0.25) is 0 Å². The third-order valence-corrected chi connectivity index (χ3v) is 6.57. The molecule has 1 aliphatic heterocycles. The van der Waals surface area contributed by atoms with Gasteiger partial charge in [-0.2, -0.15) is 5.10 Å². The Kier molecular flexibility index (Phi) is 5.53. The Morgan fingerprint density at radius 1 is 1.06 bits per heavy atom. The number of benzene rings is 2. The van der Waals surface area contributed by atoms with E-state index in [9.17, 15) is 4.79 Å². The lowest BCUT2D eigenvalue weighted by Gasteiger charge is -2.20. The first-order valence-corrected chi connectivity index (χ1v) is 11.3. The molecule has 5 rings (SSSR count). The molecule has 0 unspecified atom stereocenters. The lowest BCUT2D eigenvalue weighted by molar-refractivity contribution is 0.0925. The Labute approximate surface area is 188 Å². The molecule has 6 nitrogen and oxygen atoms in total. The molecule has 6 heteroatoms. The number of amides is 1. The van der Waals surface area contributed by atoms with Gasteiger partial charge < -0.3 is 9.88 Å². The van der Waals surface area contributed by atoms with Crippen molar-refractivity contribution >= 4 is 16.8 Å². The van der Waals surface area contributed by atoms with Gasteiger partial charge in [0.1, 0.15) is 5.69 Å². The molecule has 1 amide bonds. The van der Waals surface area contributed by atoms with Crippen LogP contribution in [0.5, 0.6) is 0 Å². The summed E-state index contributed by atoms with van der Waals surface area (Å²) in [6.45, 7) is 5.70. The van der Waals surface area contributed by atoms with Crippen LogP contribution < -0.4 is 5.32 Å². The van der Waals surface area contributed by atoms with E-state index in [1.165, 1.54) is 22.0 Å². The number of hydrogen-bond donors (Lipinski definition) is 1. The van der Waals surface area contributed by atoms with Crippen LogP contribution in [0.4, 0.5) is 0 Å². The number of aryl methyl sites for hydroxylation is 2. The molecule has 2 aromatic heterocycles. The van der Waals surface area contributed by atoms with Crippen LogP contribution in [-0.2, 0) is 20.1 Å². The van der Waals surface area contributed by atoms with Gasteiger partial charge in [0.2, 0.25) is 0 Å². The lowest BCUT2D eigenvalue weighted by Crippen LogP contribution is -2.40. The van der Waals surface area contributed by atoms with Gasteiger partial charge in [0, 0.05) is 62.4 Å². The van der Waals surface area contributed by atoms with Gasteiger partial charge in [-0.25, -0.2) is 0 Å². The topological polar surface area (TPSA) is 55.1 Å². The Morgan fingerprint density at radius 3 is 2.59 bits per heavy atom. The Balaban J connectivity index is 1.47. The molecular formula is C26H29N5O. The number of hydrogen-bond acceptors (Lipinski definition) is 3. The predicted molar refractivity (Wildman–Crippen MR) is 127 cm³/mol. The maximum Gasteiger partial charge on any atom is 0.269 e. The first-order valence-electron chi connectivity index (χ1n) is 11.3. The van der Waals surface area contributed by atoms with Gasteiger partial charge in [-0.3, -0.25) is 14.4 Å². The number of nitrogens with zero attached hydrogens (tertiary/aromatic N) is 4. The molecule has 3 heterocycles. The number of rotatable bonds is 6. The van der Waals surface area contributed by atoms with Crippen LogP contribution in [0.1, 0.15) is 34.5 Å². The fourth-order valence-electron chi connectivity index (χ4n) is 4.99. The number of nitrogens with one attached hydrogen (secondary N) is 1. The van der Waals surface area contributed by atoms with Gasteiger partial charge >= 0.3 is 0 Å². The SMILES string of the molecule is CCn1cc([C@H]2CN(Cc3ccccc3)C[C@@H]2NC(=O)c2ccnn2C)c2ccccc21. The van der Waals surface area contributed by atoms with Gasteiger partial charge in [-0.1, -0.05) is 48.5 Å². The van der Waals surface area contributed by atoms with Crippen molar-refractivity contribution in [3.63, 3.8) is 0 Å². The van der Waals surface area contributed by atoms with Crippen molar-refractivity contribution in [1.82, 2.24) is 24.6 Å². The second kappa shape index (κ2) is 8.63. The highest BCUT2D eigenvalue weighted by atomic mass is 16.2. The number of likely N-dealkylation sites (tertiary alicyclic amines) is 1.